The number of carbonyl (C=O) groups excluding carboxylic acids is 1. The first kappa shape index (κ1) is 17.4. The average molecular weight is 323 g/mol. The number of phenolic OH excluding ortho intramolecular Hbond substituents is 1. The number of ether oxygens (including phenoxy) is 2. The summed E-state index contributed by atoms with van der Waals surface area (Å²) in [6.45, 7) is 5.43. The standard InChI is InChI=1S/C17H25NO5/c1-16(2,3)23-15(21)18-12-7-11(8-13(22-4)14(12)20)9-17(10-19)5-6-17/h7-8,19-20H,5-6,9-10H2,1-4H3,(H,18,21). The highest BCUT2D eigenvalue weighted by molar-refractivity contribution is 5.88. The predicted octanol–water partition coefficient (Wildman–Crippen LogP) is 3.06. The monoisotopic (exact) mass is 323 g/mol. The van der Waals surface area contributed by atoms with Crippen LogP contribution < -0.4 is 10.1 Å². The zero-order chi connectivity index (χ0) is 17.3. The van der Waals surface area contributed by atoms with E-state index >= 15 is 0 Å². The van der Waals surface area contributed by atoms with Gasteiger partial charge in [0.2, 0.25) is 0 Å². The van der Waals surface area contributed by atoms with E-state index in [-0.39, 0.29) is 29.2 Å². The van der Waals surface area contributed by atoms with Crippen LogP contribution in [0.1, 0.15) is 39.2 Å². The molecule has 0 radical (unpaired) electrons. The third-order valence-electron chi connectivity index (χ3n) is 3.86. The molecule has 0 spiro atoms. The van der Waals surface area contributed by atoms with Crippen molar-refractivity contribution in [3.05, 3.63) is 17.7 Å². The highest BCUT2D eigenvalue weighted by Gasteiger charge is 2.42. The first-order chi connectivity index (χ1) is 10.7. The summed E-state index contributed by atoms with van der Waals surface area (Å²) in [5.74, 6) is 0.137. The maximum Gasteiger partial charge on any atom is 0.412 e. The Balaban J connectivity index is 2.22. The molecule has 0 atom stereocenters. The molecule has 0 aliphatic heterocycles. The molecule has 0 aromatic heterocycles. The molecule has 0 unspecified atom stereocenters. The Morgan fingerprint density at radius 2 is 2.00 bits per heavy atom. The molecule has 1 aliphatic rings. The van der Waals surface area contributed by atoms with Gasteiger partial charge in [0.1, 0.15) is 5.60 Å². The molecule has 1 aromatic rings. The molecule has 0 saturated heterocycles. The van der Waals surface area contributed by atoms with Gasteiger partial charge in [0.05, 0.1) is 12.8 Å². The third-order valence-corrected chi connectivity index (χ3v) is 3.86. The van der Waals surface area contributed by atoms with Crippen molar-refractivity contribution in [2.45, 2.75) is 45.6 Å². The zero-order valence-corrected chi connectivity index (χ0v) is 14.1. The lowest BCUT2D eigenvalue weighted by Crippen LogP contribution is -2.27. The minimum atomic E-state index is -0.643. The molecule has 6 heteroatoms. The number of methoxy groups -OCH3 is 1. The van der Waals surface area contributed by atoms with Gasteiger partial charge < -0.3 is 19.7 Å². The van der Waals surface area contributed by atoms with E-state index < -0.39 is 11.7 Å². The van der Waals surface area contributed by atoms with E-state index in [9.17, 15) is 15.0 Å². The van der Waals surface area contributed by atoms with E-state index in [0.29, 0.717) is 6.42 Å². The number of aliphatic hydroxyl groups excluding tert-OH is 1. The molecule has 1 fully saturated rings. The van der Waals surface area contributed by atoms with Crippen LogP contribution in [0.5, 0.6) is 11.5 Å². The number of rotatable bonds is 5. The van der Waals surface area contributed by atoms with Crippen LogP contribution in [0.4, 0.5) is 10.5 Å². The maximum absolute atomic E-state index is 11.9. The normalized spacial score (nSPS) is 15.9. The van der Waals surface area contributed by atoms with Gasteiger partial charge in [-0.15, -0.1) is 0 Å². The highest BCUT2D eigenvalue weighted by atomic mass is 16.6. The molecule has 1 saturated carbocycles. The van der Waals surface area contributed by atoms with Crippen molar-refractivity contribution in [1.29, 1.82) is 0 Å². The van der Waals surface area contributed by atoms with Gasteiger partial charge in [-0.25, -0.2) is 4.79 Å². The molecule has 1 aromatic carbocycles. The van der Waals surface area contributed by atoms with E-state index in [1.54, 1.807) is 32.9 Å². The molecule has 0 bridgehead atoms. The predicted molar refractivity (Wildman–Crippen MR) is 87.0 cm³/mol. The molecular weight excluding hydrogens is 298 g/mol. The van der Waals surface area contributed by atoms with Gasteiger partial charge in [0, 0.05) is 6.61 Å². The van der Waals surface area contributed by atoms with Crippen LogP contribution in [-0.2, 0) is 11.2 Å². The number of benzene rings is 1. The number of aromatic hydroxyl groups is 1. The summed E-state index contributed by atoms with van der Waals surface area (Å²) in [6, 6.07) is 3.42. The van der Waals surface area contributed by atoms with Crippen LogP contribution in [-0.4, -0.2) is 35.6 Å². The number of aliphatic hydroxyl groups is 1. The van der Waals surface area contributed by atoms with E-state index in [1.165, 1.54) is 7.11 Å². The fraction of sp³-hybridized carbons (Fsp3) is 0.588. The van der Waals surface area contributed by atoms with E-state index in [1.807, 2.05) is 0 Å². The first-order valence-electron chi connectivity index (χ1n) is 7.69. The Hall–Kier alpha value is -1.95. The van der Waals surface area contributed by atoms with Gasteiger partial charge in [-0.1, -0.05) is 0 Å². The van der Waals surface area contributed by atoms with Gasteiger partial charge in [-0.3, -0.25) is 5.32 Å². The minimum Gasteiger partial charge on any atom is -0.503 e. The number of carbonyl (C=O) groups is 1. The maximum atomic E-state index is 11.9. The first-order valence-corrected chi connectivity index (χ1v) is 7.69. The fourth-order valence-electron chi connectivity index (χ4n) is 2.43. The van der Waals surface area contributed by atoms with Gasteiger partial charge in [-0.05, 0) is 63.1 Å². The smallest absolute Gasteiger partial charge is 0.412 e. The van der Waals surface area contributed by atoms with Gasteiger partial charge in [0.25, 0.3) is 0 Å². The summed E-state index contributed by atoms with van der Waals surface area (Å²) >= 11 is 0. The van der Waals surface area contributed by atoms with Crippen molar-refractivity contribution in [3.63, 3.8) is 0 Å². The van der Waals surface area contributed by atoms with Crippen molar-refractivity contribution in [2.75, 3.05) is 19.0 Å². The second-order valence-electron chi connectivity index (χ2n) is 7.16. The second kappa shape index (κ2) is 6.28. The van der Waals surface area contributed by atoms with Crippen LogP contribution in [0.15, 0.2) is 12.1 Å². The summed E-state index contributed by atoms with van der Waals surface area (Å²) in [4.78, 5) is 11.9. The van der Waals surface area contributed by atoms with E-state index in [0.717, 1.165) is 18.4 Å². The lowest BCUT2D eigenvalue weighted by molar-refractivity contribution is 0.0635. The van der Waals surface area contributed by atoms with Crippen molar-refractivity contribution in [2.24, 2.45) is 5.41 Å². The lowest BCUT2D eigenvalue weighted by Gasteiger charge is -2.21. The van der Waals surface area contributed by atoms with Gasteiger partial charge in [-0.2, -0.15) is 0 Å². The summed E-state index contributed by atoms with van der Waals surface area (Å²) in [6.07, 6.45) is 1.97. The number of phenols is 1. The van der Waals surface area contributed by atoms with Crippen molar-refractivity contribution in [1.82, 2.24) is 0 Å². The van der Waals surface area contributed by atoms with Crippen LogP contribution in [0.3, 0.4) is 0 Å². The molecular formula is C17H25NO5. The molecule has 2 rings (SSSR count). The number of amides is 1. The third kappa shape index (κ3) is 4.51. The minimum absolute atomic E-state index is 0.0782. The Morgan fingerprint density at radius 1 is 1.35 bits per heavy atom. The van der Waals surface area contributed by atoms with Gasteiger partial charge in [0.15, 0.2) is 11.5 Å². The van der Waals surface area contributed by atoms with Crippen LogP contribution in [0, 0.1) is 5.41 Å². The Kier molecular flexibility index (Phi) is 4.75. The molecule has 3 N–H and O–H groups in total. The average Bonchev–Trinajstić information content (AvgIpc) is 3.20. The lowest BCUT2D eigenvalue weighted by atomic mass is 9.96. The number of nitrogens with one attached hydrogen (secondary N) is 1. The Bertz CT molecular complexity index is 587. The van der Waals surface area contributed by atoms with Crippen molar-refractivity contribution in [3.8, 4) is 11.5 Å². The molecule has 23 heavy (non-hydrogen) atoms. The quantitative estimate of drug-likeness (QED) is 0.725. The summed E-state index contributed by atoms with van der Waals surface area (Å²) in [7, 11) is 1.45. The molecule has 6 nitrogen and oxygen atoms in total. The van der Waals surface area contributed by atoms with E-state index in [2.05, 4.69) is 5.32 Å². The van der Waals surface area contributed by atoms with Crippen LogP contribution >= 0.6 is 0 Å². The van der Waals surface area contributed by atoms with Crippen LogP contribution in [0.25, 0.3) is 0 Å². The second-order valence-corrected chi connectivity index (χ2v) is 7.16. The number of hydrogen-bond acceptors (Lipinski definition) is 5. The fourth-order valence-corrected chi connectivity index (χ4v) is 2.43. The van der Waals surface area contributed by atoms with E-state index in [4.69, 9.17) is 9.47 Å². The molecule has 1 amide bonds. The number of anilines is 1. The van der Waals surface area contributed by atoms with Crippen molar-refractivity contribution < 1.29 is 24.5 Å². The molecule has 128 valence electrons. The topological polar surface area (TPSA) is 88.0 Å². The highest BCUT2D eigenvalue weighted by Crippen LogP contribution is 2.49. The Labute approximate surface area is 136 Å². The number of hydrogen-bond donors (Lipinski definition) is 3. The molecule has 0 heterocycles. The van der Waals surface area contributed by atoms with Crippen molar-refractivity contribution >= 4 is 11.8 Å². The van der Waals surface area contributed by atoms with Gasteiger partial charge >= 0.3 is 6.09 Å². The SMILES string of the molecule is COc1cc(CC2(CO)CC2)cc(NC(=O)OC(C)(C)C)c1O. The largest absolute Gasteiger partial charge is 0.503 e. The summed E-state index contributed by atoms with van der Waals surface area (Å²) in [5, 5.41) is 22.2. The molecule has 1 aliphatic carbocycles. The summed E-state index contributed by atoms with van der Waals surface area (Å²) in [5.41, 5.74) is 0.418. The zero-order valence-electron chi connectivity index (χ0n) is 14.1. The Morgan fingerprint density at radius 3 is 2.48 bits per heavy atom. The summed E-state index contributed by atoms with van der Waals surface area (Å²) < 4.78 is 10.4. The van der Waals surface area contributed by atoms with Crippen LogP contribution in [0.2, 0.25) is 0 Å².